The van der Waals surface area contributed by atoms with E-state index in [0.29, 0.717) is 18.6 Å². The van der Waals surface area contributed by atoms with Gasteiger partial charge in [0.1, 0.15) is 5.75 Å². The molecule has 0 radical (unpaired) electrons. The molecule has 0 saturated carbocycles. The summed E-state index contributed by atoms with van der Waals surface area (Å²) in [5.41, 5.74) is 1.18. The van der Waals surface area contributed by atoms with Crippen LogP contribution in [0.1, 0.15) is 12.0 Å². The first-order valence-corrected chi connectivity index (χ1v) is 8.26. The maximum Gasteiger partial charge on any atom is 0.341 e. The van der Waals surface area contributed by atoms with Gasteiger partial charge in [-0.15, -0.1) is 0 Å². The van der Waals surface area contributed by atoms with Crippen molar-refractivity contribution in [3.8, 4) is 5.75 Å². The maximum absolute atomic E-state index is 12.3. The van der Waals surface area contributed by atoms with Crippen molar-refractivity contribution in [2.24, 2.45) is 0 Å². The minimum Gasteiger partial charge on any atom is -0.422 e. The molecule has 3 rings (SSSR count). The minimum atomic E-state index is -0.928. The first kappa shape index (κ1) is 16.9. The molecule has 126 valence electrons. The number of carbonyl (C=O) groups excluding carboxylic acids is 1. The molecule has 0 amide bonds. The van der Waals surface area contributed by atoms with E-state index in [0.717, 1.165) is 16.3 Å². The molecule has 3 aromatic carbocycles. The van der Waals surface area contributed by atoms with Crippen LogP contribution < -0.4 is 4.74 Å². The Morgan fingerprint density at radius 1 is 0.960 bits per heavy atom. The highest BCUT2D eigenvalue weighted by Gasteiger charge is 2.19. The Labute approximate surface area is 147 Å². The van der Waals surface area contributed by atoms with Crippen molar-refractivity contribution in [3.05, 3.63) is 90.5 Å². The van der Waals surface area contributed by atoms with Crippen LogP contribution in [0.25, 0.3) is 10.8 Å². The summed E-state index contributed by atoms with van der Waals surface area (Å²) in [6.45, 7) is 3.72. The van der Waals surface area contributed by atoms with Crippen LogP contribution in [0.2, 0.25) is 0 Å². The summed E-state index contributed by atoms with van der Waals surface area (Å²) in [6, 6.07) is 23.0. The van der Waals surface area contributed by atoms with E-state index < -0.39 is 12.1 Å². The molecule has 0 aliphatic carbocycles. The van der Waals surface area contributed by atoms with Crippen LogP contribution in [0.15, 0.2) is 84.9 Å². The fourth-order valence-electron chi connectivity index (χ4n) is 2.71. The molecule has 0 saturated heterocycles. The molecule has 1 unspecified atom stereocenters. The lowest BCUT2D eigenvalue weighted by atomic mass is 10.0. The molecule has 0 aliphatic heterocycles. The predicted octanol–water partition coefficient (Wildman–Crippen LogP) is 4.30. The molecule has 3 heteroatoms. The van der Waals surface area contributed by atoms with Crippen LogP contribution in [0.5, 0.6) is 5.75 Å². The number of aliphatic hydroxyl groups is 1. The zero-order valence-corrected chi connectivity index (χ0v) is 13.9. The van der Waals surface area contributed by atoms with Gasteiger partial charge < -0.3 is 9.84 Å². The van der Waals surface area contributed by atoms with E-state index in [4.69, 9.17) is 4.74 Å². The average Bonchev–Trinajstić information content (AvgIpc) is 2.66. The zero-order valence-electron chi connectivity index (χ0n) is 13.9. The smallest absolute Gasteiger partial charge is 0.341 e. The third-order valence-corrected chi connectivity index (χ3v) is 4.17. The molecule has 0 spiro atoms. The van der Waals surface area contributed by atoms with Crippen molar-refractivity contribution in [1.82, 2.24) is 0 Å². The number of esters is 1. The summed E-state index contributed by atoms with van der Waals surface area (Å²) in [6.07, 6.45) is 0.165. The van der Waals surface area contributed by atoms with Crippen molar-refractivity contribution < 1.29 is 14.6 Å². The van der Waals surface area contributed by atoms with E-state index in [1.54, 1.807) is 6.07 Å². The molecular formula is C22H20O3. The van der Waals surface area contributed by atoms with Crippen LogP contribution in [0.4, 0.5) is 0 Å². The number of fused-ring (bicyclic) bond motifs is 1. The third-order valence-electron chi connectivity index (χ3n) is 4.17. The van der Waals surface area contributed by atoms with Gasteiger partial charge in [0.15, 0.2) is 0 Å². The average molecular weight is 332 g/mol. The Balaban J connectivity index is 1.64. The number of ether oxygens (including phenoxy) is 1. The van der Waals surface area contributed by atoms with Gasteiger partial charge in [-0.1, -0.05) is 73.3 Å². The second kappa shape index (κ2) is 7.77. The molecule has 0 aliphatic rings. The van der Waals surface area contributed by atoms with Gasteiger partial charge in [0.2, 0.25) is 0 Å². The van der Waals surface area contributed by atoms with Crippen molar-refractivity contribution in [3.63, 3.8) is 0 Å². The maximum atomic E-state index is 12.3. The van der Waals surface area contributed by atoms with Gasteiger partial charge in [0.25, 0.3) is 0 Å². The van der Waals surface area contributed by atoms with Gasteiger partial charge in [-0.05, 0) is 29.9 Å². The molecule has 0 bridgehead atoms. The van der Waals surface area contributed by atoms with Gasteiger partial charge in [-0.2, -0.15) is 0 Å². The van der Waals surface area contributed by atoms with Crippen LogP contribution >= 0.6 is 0 Å². The van der Waals surface area contributed by atoms with Gasteiger partial charge >= 0.3 is 5.97 Å². The summed E-state index contributed by atoms with van der Waals surface area (Å²) < 4.78 is 5.46. The van der Waals surface area contributed by atoms with Crippen molar-refractivity contribution >= 4 is 16.7 Å². The number of rotatable bonds is 6. The molecule has 0 fully saturated rings. The summed E-state index contributed by atoms with van der Waals surface area (Å²) in [7, 11) is 0. The monoisotopic (exact) mass is 332 g/mol. The number of aliphatic hydroxyl groups excluding tert-OH is 1. The quantitative estimate of drug-likeness (QED) is 0.416. The lowest BCUT2D eigenvalue weighted by molar-refractivity contribution is -0.131. The van der Waals surface area contributed by atoms with Crippen LogP contribution in [-0.2, 0) is 11.2 Å². The van der Waals surface area contributed by atoms with E-state index >= 15 is 0 Å². The normalized spacial score (nSPS) is 11.9. The Bertz CT molecular complexity index is 879. The lowest BCUT2D eigenvalue weighted by Crippen LogP contribution is -2.22. The fraction of sp³-hybridized carbons (Fsp3) is 0.136. The summed E-state index contributed by atoms with van der Waals surface area (Å²) >= 11 is 0. The van der Waals surface area contributed by atoms with E-state index in [-0.39, 0.29) is 5.57 Å². The van der Waals surface area contributed by atoms with Crippen LogP contribution in [0.3, 0.4) is 0 Å². The summed E-state index contributed by atoms with van der Waals surface area (Å²) in [4.78, 5) is 12.3. The van der Waals surface area contributed by atoms with E-state index in [1.165, 1.54) is 0 Å². The van der Waals surface area contributed by atoms with Crippen LogP contribution in [-0.4, -0.2) is 17.2 Å². The fourth-order valence-corrected chi connectivity index (χ4v) is 2.71. The second-order valence-corrected chi connectivity index (χ2v) is 5.93. The Morgan fingerprint density at radius 2 is 1.64 bits per heavy atom. The lowest BCUT2D eigenvalue weighted by Gasteiger charge is -2.14. The number of hydrogen-bond donors (Lipinski definition) is 1. The molecule has 1 atom stereocenters. The Kier molecular flexibility index (Phi) is 5.26. The molecular weight excluding hydrogens is 312 g/mol. The minimum absolute atomic E-state index is 0.0730. The van der Waals surface area contributed by atoms with Gasteiger partial charge in [-0.3, -0.25) is 0 Å². The molecule has 1 N–H and O–H groups in total. The first-order valence-electron chi connectivity index (χ1n) is 8.26. The highest BCUT2D eigenvalue weighted by atomic mass is 16.5. The molecule has 3 nitrogen and oxygen atoms in total. The SMILES string of the molecule is C=C(C(=O)Oc1cccc2ccccc12)C(O)CCc1ccccc1. The Hall–Kier alpha value is -2.91. The second-order valence-electron chi connectivity index (χ2n) is 5.93. The van der Waals surface area contributed by atoms with E-state index in [1.807, 2.05) is 66.7 Å². The number of benzene rings is 3. The van der Waals surface area contributed by atoms with Crippen molar-refractivity contribution in [1.29, 1.82) is 0 Å². The molecule has 25 heavy (non-hydrogen) atoms. The molecule has 0 heterocycles. The first-order chi connectivity index (χ1) is 12.1. The largest absolute Gasteiger partial charge is 0.422 e. The third kappa shape index (κ3) is 4.14. The summed E-state index contributed by atoms with van der Waals surface area (Å²) in [5, 5.41) is 12.1. The van der Waals surface area contributed by atoms with E-state index in [9.17, 15) is 9.90 Å². The Morgan fingerprint density at radius 3 is 2.44 bits per heavy atom. The van der Waals surface area contributed by atoms with E-state index in [2.05, 4.69) is 6.58 Å². The number of hydrogen-bond acceptors (Lipinski definition) is 3. The highest BCUT2D eigenvalue weighted by molar-refractivity contribution is 5.95. The molecule has 3 aromatic rings. The van der Waals surface area contributed by atoms with Gasteiger partial charge in [-0.25, -0.2) is 4.79 Å². The van der Waals surface area contributed by atoms with Gasteiger partial charge in [0, 0.05) is 5.39 Å². The van der Waals surface area contributed by atoms with Gasteiger partial charge in [0.05, 0.1) is 11.7 Å². The predicted molar refractivity (Wildman–Crippen MR) is 99.5 cm³/mol. The number of aryl methyl sites for hydroxylation is 1. The van der Waals surface area contributed by atoms with Crippen molar-refractivity contribution in [2.75, 3.05) is 0 Å². The summed E-state index contributed by atoms with van der Waals surface area (Å²) in [5.74, 6) is -0.128. The van der Waals surface area contributed by atoms with Crippen LogP contribution in [0, 0.1) is 0 Å². The number of carbonyl (C=O) groups is 1. The standard InChI is InChI=1S/C22H20O3/c1-16(20(23)15-14-17-8-3-2-4-9-17)22(24)25-21-13-7-11-18-10-5-6-12-19(18)21/h2-13,20,23H,1,14-15H2. The highest BCUT2D eigenvalue weighted by Crippen LogP contribution is 2.26. The zero-order chi connectivity index (χ0) is 17.6. The van der Waals surface area contributed by atoms with Crippen molar-refractivity contribution in [2.45, 2.75) is 18.9 Å². The topological polar surface area (TPSA) is 46.5 Å². The molecule has 0 aromatic heterocycles.